The predicted octanol–water partition coefficient (Wildman–Crippen LogP) is 6.40. The van der Waals surface area contributed by atoms with Gasteiger partial charge in [-0.2, -0.15) is 0 Å². The lowest BCUT2D eigenvalue weighted by Crippen LogP contribution is -2.30. The maximum Gasteiger partial charge on any atom is 0.255 e. The van der Waals surface area contributed by atoms with Crippen LogP contribution in [0.25, 0.3) is 56.0 Å². The molecule has 0 radical (unpaired) electrons. The number of aliphatic hydroxyl groups excluding tert-OH is 2. The number of likely N-dealkylation sites (N-methyl/N-ethyl adjacent to an activating group) is 1. The molecule has 0 aliphatic carbocycles. The van der Waals surface area contributed by atoms with E-state index >= 15 is 0 Å². The van der Waals surface area contributed by atoms with Crippen molar-refractivity contribution in [3.63, 3.8) is 0 Å². The fourth-order valence-electron chi connectivity index (χ4n) is 5.56. The number of nitrogens with one attached hydrogen (secondary N) is 1. The Labute approximate surface area is 262 Å². The number of amides is 1. The van der Waals surface area contributed by atoms with Gasteiger partial charge in [0.2, 0.25) is 5.89 Å². The molecule has 0 aliphatic heterocycles. The van der Waals surface area contributed by atoms with Crippen LogP contribution in [0.15, 0.2) is 81.6 Å². The second-order valence-electron chi connectivity index (χ2n) is 10.8. The highest BCUT2D eigenvalue weighted by Crippen LogP contribution is 2.43. The number of aliphatic hydroxyl groups is 2. The average Bonchev–Trinajstić information content (AvgIpc) is 3.66. The standard InChI is InChI=1S/C35H31F2N3O6/c1-38-34(43)31-24-16-23(20-9-12-28(44-3)25(15-20)35-39-32-26(37)5-4-6-29(32)46-35)27(40(2)18-22(42)13-14-41)17-30(24)45-33(31)19-7-10-21(36)11-8-19/h4-12,15-17,22,41-42H,13-14,18H2,1-3H3,(H,38,43). The number of methoxy groups -OCH3 is 1. The number of para-hydroxylation sites is 1. The summed E-state index contributed by atoms with van der Waals surface area (Å²) in [6.07, 6.45) is -0.647. The second kappa shape index (κ2) is 12.6. The molecule has 46 heavy (non-hydrogen) atoms. The molecule has 0 saturated heterocycles. The van der Waals surface area contributed by atoms with Crippen LogP contribution in [-0.2, 0) is 0 Å². The van der Waals surface area contributed by atoms with Crippen LogP contribution >= 0.6 is 0 Å². The summed E-state index contributed by atoms with van der Waals surface area (Å²) in [5.74, 6) is -0.473. The molecule has 0 saturated carbocycles. The number of anilines is 1. The molecule has 236 valence electrons. The largest absolute Gasteiger partial charge is 0.496 e. The number of oxazole rings is 1. The molecule has 0 aliphatic rings. The van der Waals surface area contributed by atoms with Crippen molar-refractivity contribution in [2.75, 3.05) is 39.3 Å². The van der Waals surface area contributed by atoms with E-state index in [1.165, 1.54) is 50.6 Å². The Morgan fingerprint density at radius 3 is 2.46 bits per heavy atom. The van der Waals surface area contributed by atoms with Crippen LogP contribution in [0, 0.1) is 11.6 Å². The Bertz CT molecular complexity index is 2050. The number of nitrogens with zero attached hydrogens (tertiary/aromatic N) is 2. The third-order valence-electron chi connectivity index (χ3n) is 7.84. The number of carbonyl (C=O) groups is 1. The molecule has 0 fully saturated rings. The van der Waals surface area contributed by atoms with Crippen LogP contribution in [0.5, 0.6) is 5.75 Å². The Morgan fingerprint density at radius 1 is 1.00 bits per heavy atom. The van der Waals surface area contributed by atoms with Crippen molar-refractivity contribution in [3.05, 3.63) is 90.0 Å². The first-order chi connectivity index (χ1) is 22.2. The lowest BCUT2D eigenvalue weighted by Gasteiger charge is -2.25. The molecule has 3 N–H and O–H groups in total. The van der Waals surface area contributed by atoms with Gasteiger partial charge in [0.25, 0.3) is 5.91 Å². The van der Waals surface area contributed by atoms with Gasteiger partial charge in [0.1, 0.15) is 28.4 Å². The first kappa shape index (κ1) is 30.8. The Kier molecular flexibility index (Phi) is 8.44. The van der Waals surface area contributed by atoms with E-state index in [0.29, 0.717) is 44.7 Å². The van der Waals surface area contributed by atoms with Crippen molar-refractivity contribution >= 4 is 33.7 Å². The fourth-order valence-corrected chi connectivity index (χ4v) is 5.56. The molecule has 1 amide bonds. The third-order valence-corrected chi connectivity index (χ3v) is 7.84. The monoisotopic (exact) mass is 627 g/mol. The molecule has 1 unspecified atom stereocenters. The smallest absolute Gasteiger partial charge is 0.255 e. The SMILES string of the molecule is CNC(=O)c1c(-c2ccc(F)cc2)oc2cc(N(C)CC(O)CCO)c(-c3ccc(OC)c(-c4nc5c(F)cccc5o4)c3)cc12. The lowest BCUT2D eigenvalue weighted by molar-refractivity contribution is 0.0964. The first-order valence-corrected chi connectivity index (χ1v) is 14.5. The van der Waals surface area contributed by atoms with Gasteiger partial charge in [-0.05, 0) is 66.6 Å². The van der Waals surface area contributed by atoms with Crippen LogP contribution in [0.1, 0.15) is 16.8 Å². The number of furan rings is 1. The third kappa shape index (κ3) is 5.66. The minimum Gasteiger partial charge on any atom is -0.496 e. The van der Waals surface area contributed by atoms with E-state index in [4.69, 9.17) is 13.6 Å². The van der Waals surface area contributed by atoms with Gasteiger partial charge in [0, 0.05) is 55.5 Å². The van der Waals surface area contributed by atoms with Crippen molar-refractivity contribution < 1.29 is 37.4 Å². The normalized spacial score (nSPS) is 12.1. The van der Waals surface area contributed by atoms with Crippen LogP contribution in [0.4, 0.5) is 14.5 Å². The number of benzene rings is 4. The Morgan fingerprint density at radius 2 is 1.76 bits per heavy atom. The van der Waals surface area contributed by atoms with Gasteiger partial charge in [-0.25, -0.2) is 13.8 Å². The summed E-state index contributed by atoms with van der Waals surface area (Å²) in [6, 6.07) is 19.1. The van der Waals surface area contributed by atoms with Gasteiger partial charge in [-0.3, -0.25) is 4.79 Å². The summed E-state index contributed by atoms with van der Waals surface area (Å²) in [7, 11) is 4.82. The Hall–Kier alpha value is -5.26. The van der Waals surface area contributed by atoms with Crippen molar-refractivity contribution in [2.24, 2.45) is 0 Å². The minimum atomic E-state index is -0.826. The molecule has 0 spiro atoms. The number of fused-ring (bicyclic) bond motifs is 2. The van der Waals surface area contributed by atoms with E-state index in [1.54, 1.807) is 31.3 Å². The summed E-state index contributed by atoms with van der Waals surface area (Å²) >= 11 is 0. The summed E-state index contributed by atoms with van der Waals surface area (Å²) in [5.41, 5.74) is 3.99. The molecule has 0 bridgehead atoms. The molecule has 1 atom stereocenters. The summed E-state index contributed by atoms with van der Waals surface area (Å²) in [6.45, 7) is 0.00283. The molecule has 11 heteroatoms. The first-order valence-electron chi connectivity index (χ1n) is 14.5. The molecular formula is C35H31F2N3O6. The van der Waals surface area contributed by atoms with Crippen LogP contribution in [0.3, 0.4) is 0 Å². The second-order valence-corrected chi connectivity index (χ2v) is 10.8. The molecular weight excluding hydrogens is 596 g/mol. The van der Waals surface area contributed by atoms with Crippen LogP contribution in [-0.4, -0.2) is 61.6 Å². The van der Waals surface area contributed by atoms with Crippen LogP contribution in [0.2, 0.25) is 0 Å². The quantitative estimate of drug-likeness (QED) is 0.160. The number of carbonyl (C=O) groups excluding carboxylic acids is 1. The van der Waals surface area contributed by atoms with Gasteiger partial charge < -0.3 is 34.0 Å². The Balaban J connectivity index is 1.59. The minimum absolute atomic E-state index is 0.0895. The maximum atomic E-state index is 14.5. The highest BCUT2D eigenvalue weighted by molar-refractivity contribution is 6.13. The van der Waals surface area contributed by atoms with E-state index in [0.717, 1.165) is 0 Å². The maximum absolute atomic E-state index is 14.5. The van der Waals surface area contributed by atoms with Gasteiger partial charge in [-0.1, -0.05) is 12.1 Å². The molecule has 4 aromatic carbocycles. The van der Waals surface area contributed by atoms with Crippen LogP contribution < -0.4 is 15.0 Å². The number of halogens is 2. The highest BCUT2D eigenvalue weighted by Gasteiger charge is 2.26. The van der Waals surface area contributed by atoms with Crippen molar-refractivity contribution in [1.82, 2.24) is 10.3 Å². The molecule has 2 aromatic heterocycles. The number of aromatic nitrogens is 1. The van der Waals surface area contributed by atoms with E-state index < -0.39 is 23.6 Å². The fraction of sp³-hybridized carbons (Fsp3) is 0.200. The topological polar surface area (TPSA) is 121 Å². The van der Waals surface area contributed by atoms with Crippen molar-refractivity contribution in [2.45, 2.75) is 12.5 Å². The zero-order chi connectivity index (χ0) is 32.5. The average molecular weight is 628 g/mol. The number of hydrogen-bond donors (Lipinski definition) is 3. The van der Waals surface area contributed by atoms with Gasteiger partial charge in [-0.15, -0.1) is 0 Å². The molecule has 9 nitrogen and oxygen atoms in total. The number of rotatable bonds is 10. The summed E-state index contributed by atoms with van der Waals surface area (Å²) in [4.78, 5) is 19.5. The van der Waals surface area contributed by atoms with Gasteiger partial charge in [0.15, 0.2) is 11.4 Å². The zero-order valence-corrected chi connectivity index (χ0v) is 25.3. The predicted molar refractivity (Wildman–Crippen MR) is 171 cm³/mol. The van der Waals surface area contributed by atoms with Crippen molar-refractivity contribution in [3.8, 4) is 39.7 Å². The zero-order valence-electron chi connectivity index (χ0n) is 25.3. The van der Waals surface area contributed by atoms with E-state index in [2.05, 4.69) is 10.3 Å². The molecule has 6 rings (SSSR count). The van der Waals surface area contributed by atoms with Crippen molar-refractivity contribution in [1.29, 1.82) is 0 Å². The van der Waals surface area contributed by atoms with E-state index in [1.807, 2.05) is 17.0 Å². The highest BCUT2D eigenvalue weighted by atomic mass is 19.1. The van der Waals surface area contributed by atoms with E-state index in [9.17, 15) is 23.8 Å². The number of ether oxygens (including phenoxy) is 1. The summed E-state index contributed by atoms with van der Waals surface area (Å²) < 4.78 is 46.1. The van der Waals surface area contributed by atoms with E-state index in [-0.39, 0.29) is 47.9 Å². The van der Waals surface area contributed by atoms with Gasteiger partial charge in [0.05, 0.1) is 24.3 Å². The lowest BCUT2D eigenvalue weighted by atomic mass is 9.96. The summed E-state index contributed by atoms with van der Waals surface area (Å²) in [5, 5.41) is 23.1. The molecule has 6 aromatic rings. The molecule has 2 heterocycles. The van der Waals surface area contributed by atoms with Gasteiger partial charge >= 0.3 is 0 Å². The number of hydrogen-bond acceptors (Lipinski definition) is 8.